The molecule has 1 heterocycles. The number of fused-ring (bicyclic) bond motifs is 1. The molecule has 2 rings (SSSR count). The monoisotopic (exact) mass is 261 g/mol. The Morgan fingerprint density at radius 1 is 1.53 bits per heavy atom. The fourth-order valence-corrected chi connectivity index (χ4v) is 1.86. The topological polar surface area (TPSA) is 59.0 Å². The van der Waals surface area contributed by atoms with Gasteiger partial charge in [0.2, 0.25) is 6.79 Å². The molecule has 5 nitrogen and oxygen atoms in total. The van der Waals surface area contributed by atoms with Crippen LogP contribution in [0.25, 0.3) is 0 Å². The van der Waals surface area contributed by atoms with E-state index in [4.69, 9.17) is 21.0 Å². The van der Waals surface area contributed by atoms with E-state index in [1.54, 1.807) is 13.0 Å². The first-order chi connectivity index (χ1) is 9.11. The van der Waals surface area contributed by atoms with Crippen LogP contribution in [0, 0.1) is 18.3 Å². The first kappa shape index (κ1) is 13.1. The normalized spacial score (nSPS) is 13.7. The van der Waals surface area contributed by atoms with E-state index in [9.17, 15) is 4.79 Å². The van der Waals surface area contributed by atoms with Gasteiger partial charge in [0.25, 0.3) is 0 Å². The second kappa shape index (κ2) is 5.53. The molecule has 1 atom stereocenters. The van der Waals surface area contributed by atoms with E-state index in [0.29, 0.717) is 24.6 Å². The number of terminal acetylenes is 1. The number of rotatable bonds is 5. The highest BCUT2D eigenvalue weighted by molar-refractivity contribution is 5.70. The van der Waals surface area contributed by atoms with Crippen molar-refractivity contribution >= 4 is 11.7 Å². The molecule has 1 N–H and O–H groups in total. The lowest BCUT2D eigenvalue weighted by Gasteiger charge is -2.24. The fraction of sp³-hybridized carbons (Fsp3) is 0.357. The average molecular weight is 261 g/mol. The van der Waals surface area contributed by atoms with Gasteiger partial charge >= 0.3 is 5.97 Å². The predicted octanol–water partition coefficient (Wildman–Crippen LogP) is 1.58. The zero-order valence-corrected chi connectivity index (χ0v) is 10.6. The average Bonchev–Trinajstić information content (AvgIpc) is 2.85. The quantitative estimate of drug-likeness (QED) is 0.815. The molecule has 0 saturated carbocycles. The molecule has 0 bridgehead atoms. The van der Waals surface area contributed by atoms with Gasteiger partial charge in [0, 0.05) is 18.3 Å². The third kappa shape index (κ3) is 2.91. The van der Waals surface area contributed by atoms with Crippen LogP contribution in [0.1, 0.15) is 6.92 Å². The van der Waals surface area contributed by atoms with Crippen molar-refractivity contribution in [2.45, 2.75) is 6.92 Å². The molecule has 0 amide bonds. The van der Waals surface area contributed by atoms with Crippen molar-refractivity contribution in [3.8, 4) is 23.8 Å². The lowest BCUT2D eigenvalue weighted by Crippen LogP contribution is -2.32. The van der Waals surface area contributed by atoms with Gasteiger partial charge in [0.15, 0.2) is 11.5 Å². The van der Waals surface area contributed by atoms with Gasteiger partial charge in [0.1, 0.15) is 0 Å². The number of hydrogen-bond donors (Lipinski definition) is 1. The minimum atomic E-state index is -0.845. The Morgan fingerprint density at radius 2 is 2.26 bits per heavy atom. The van der Waals surface area contributed by atoms with Crippen molar-refractivity contribution in [2.75, 3.05) is 24.8 Å². The van der Waals surface area contributed by atoms with Crippen molar-refractivity contribution in [2.24, 2.45) is 5.92 Å². The number of hydrogen-bond acceptors (Lipinski definition) is 4. The molecule has 1 aliphatic heterocycles. The fourth-order valence-electron chi connectivity index (χ4n) is 1.86. The van der Waals surface area contributed by atoms with Crippen molar-refractivity contribution in [1.82, 2.24) is 0 Å². The van der Waals surface area contributed by atoms with Gasteiger partial charge in [-0.05, 0) is 12.1 Å². The summed E-state index contributed by atoms with van der Waals surface area (Å²) in [6.45, 7) is 2.55. The summed E-state index contributed by atoms with van der Waals surface area (Å²) in [5.74, 6) is 2.54. The van der Waals surface area contributed by atoms with Crippen LogP contribution in [-0.4, -0.2) is 31.0 Å². The molecule has 1 unspecified atom stereocenters. The van der Waals surface area contributed by atoms with Crippen LogP contribution in [0.4, 0.5) is 5.69 Å². The lowest BCUT2D eigenvalue weighted by molar-refractivity contribution is -0.140. The number of carboxylic acid groups (broad SMARTS) is 1. The third-order valence-electron chi connectivity index (χ3n) is 2.92. The summed E-state index contributed by atoms with van der Waals surface area (Å²) in [6.07, 6.45) is 5.34. The highest BCUT2D eigenvalue weighted by Crippen LogP contribution is 2.35. The first-order valence-electron chi connectivity index (χ1n) is 5.92. The Balaban J connectivity index is 2.19. The Hall–Kier alpha value is -2.35. The molecule has 1 aromatic rings. The number of ether oxygens (including phenoxy) is 2. The molecule has 0 fully saturated rings. The molecular weight excluding hydrogens is 246 g/mol. The maximum atomic E-state index is 10.9. The van der Waals surface area contributed by atoms with Crippen LogP contribution < -0.4 is 14.4 Å². The van der Waals surface area contributed by atoms with Gasteiger partial charge < -0.3 is 19.5 Å². The molecule has 0 radical (unpaired) electrons. The second-order valence-electron chi connectivity index (χ2n) is 4.36. The van der Waals surface area contributed by atoms with E-state index in [-0.39, 0.29) is 6.79 Å². The van der Waals surface area contributed by atoms with E-state index in [2.05, 4.69) is 5.92 Å². The van der Waals surface area contributed by atoms with Crippen LogP contribution in [0.2, 0.25) is 0 Å². The van der Waals surface area contributed by atoms with Gasteiger partial charge in [-0.25, -0.2) is 0 Å². The Morgan fingerprint density at radius 3 is 2.95 bits per heavy atom. The molecule has 19 heavy (non-hydrogen) atoms. The van der Waals surface area contributed by atoms with Gasteiger partial charge in [-0.15, -0.1) is 6.42 Å². The summed E-state index contributed by atoms with van der Waals surface area (Å²) in [5, 5.41) is 8.98. The van der Waals surface area contributed by atoms with Crippen molar-refractivity contribution in [3.63, 3.8) is 0 Å². The first-order valence-corrected chi connectivity index (χ1v) is 5.92. The van der Waals surface area contributed by atoms with Gasteiger partial charge in [-0.1, -0.05) is 12.8 Å². The summed E-state index contributed by atoms with van der Waals surface area (Å²) in [5.41, 5.74) is 0.829. The Kier molecular flexibility index (Phi) is 3.81. The molecule has 5 heteroatoms. The van der Waals surface area contributed by atoms with Crippen molar-refractivity contribution < 1.29 is 19.4 Å². The molecule has 0 aliphatic carbocycles. The number of aliphatic carboxylic acids is 1. The van der Waals surface area contributed by atoms with Crippen molar-refractivity contribution in [1.29, 1.82) is 0 Å². The Labute approximate surface area is 111 Å². The maximum absolute atomic E-state index is 10.9. The molecule has 1 aromatic carbocycles. The number of carbonyl (C=O) groups is 1. The summed E-state index contributed by atoms with van der Waals surface area (Å²) in [7, 11) is 0. The third-order valence-corrected chi connectivity index (χ3v) is 2.92. The number of benzene rings is 1. The molecule has 0 saturated heterocycles. The molecule has 100 valence electrons. The number of carboxylic acids is 1. The van der Waals surface area contributed by atoms with Crippen molar-refractivity contribution in [3.05, 3.63) is 18.2 Å². The maximum Gasteiger partial charge on any atom is 0.308 e. The van der Waals surface area contributed by atoms with Crippen LogP contribution in [0.5, 0.6) is 11.5 Å². The van der Waals surface area contributed by atoms with E-state index >= 15 is 0 Å². The van der Waals surface area contributed by atoms with E-state index < -0.39 is 11.9 Å². The minimum Gasteiger partial charge on any atom is -0.481 e. The minimum absolute atomic E-state index is 0.208. The summed E-state index contributed by atoms with van der Waals surface area (Å²) >= 11 is 0. The van der Waals surface area contributed by atoms with Crippen LogP contribution >= 0.6 is 0 Å². The highest BCUT2D eigenvalue weighted by atomic mass is 16.7. The van der Waals surface area contributed by atoms with E-state index in [1.807, 2.05) is 17.0 Å². The van der Waals surface area contributed by atoms with Crippen LogP contribution in [-0.2, 0) is 4.79 Å². The van der Waals surface area contributed by atoms with Crippen LogP contribution in [0.15, 0.2) is 18.2 Å². The smallest absolute Gasteiger partial charge is 0.308 e. The van der Waals surface area contributed by atoms with Gasteiger partial charge in [-0.2, -0.15) is 0 Å². The molecule has 0 aromatic heterocycles. The summed E-state index contributed by atoms with van der Waals surface area (Å²) < 4.78 is 10.5. The summed E-state index contributed by atoms with van der Waals surface area (Å²) in [4.78, 5) is 12.8. The van der Waals surface area contributed by atoms with Crippen LogP contribution in [0.3, 0.4) is 0 Å². The number of nitrogens with zero attached hydrogens (tertiary/aromatic N) is 1. The highest BCUT2D eigenvalue weighted by Gasteiger charge is 2.19. The largest absolute Gasteiger partial charge is 0.481 e. The van der Waals surface area contributed by atoms with E-state index in [0.717, 1.165) is 5.69 Å². The summed E-state index contributed by atoms with van der Waals surface area (Å²) in [6, 6.07) is 5.46. The van der Waals surface area contributed by atoms with E-state index in [1.165, 1.54) is 0 Å². The zero-order valence-electron chi connectivity index (χ0n) is 10.6. The SMILES string of the molecule is C#CCN(CC(C)C(=O)O)c1ccc2c(c1)OCO2. The lowest BCUT2D eigenvalue weighted by atomic mass is 10.1. The molecular formula is C14H15NO4. The second-order valence-corrected chi connectivity index (χ2v) is 4.36. The number of anilines is 1. The van der Waals surface area contributed by atoms with Gasteiger partial charge in [-0.3, -0.25) is 4.79 Å². The predicted molar refractivity (Wildman–Crippen MR) is 70.4 cm³/mol. The molecule has 0 spiro atoms. The molecule has 1 aliphatic rings. The van der Waals surface area contributed by atoms with Gasteiger partial charge in [0.05, 0.1) is 12.5 Å². The Bertz CT molecular complexity index is 521. The standard InChI is InChI=1S/C14H15NO4/c1-3-6-15(8-10(2)14(16)17)11-4-5-12-13(7-11)19-9-18-12/h1,4-5,7,10H,6,8-9H2,2H3,(H,16,17). The zero-order chi connectivity index (χ0) is 13.8.